The Kier molecular flexibility index (Phi) is 39.8. The molecule has 0 aliphatic heterocycles. The first kappa shape index (κ1) is 54.5. The van der Waals surface area contributed by atoms with Gasteiger partial charge in [-0.1, -0.05) is 165 Å². The summed E-state index contributed by atoms with van der Waals surface area (Å²) >= 11 is 0. The Morgan fingerprint density at radius 3 is 1.47 bits per heavy atom. The molecule has 10 nitrogen and oxygen atoms in total. The van der Waals surface area contributed by atoms with Crippen LogP contribution < -0.4 is 5.73 Å². The molecule has 0 rings (SSSR count). The Bertz CT molecular complexity index is 1140. The number of unbranched alkanes of at least 4 members (excludes halogenated alkanes) is 20. The second-order valence-corrected chi connectivity index (χ2v) is 16.3. The molecule has 0 saturated heterocycles. The molecule has 0 heterocycles. The summed E-state index contributed by atoms with van der Waals surface area (Å²) in [6.45, 7) is 3.21. The van der Waals surface area contributed by atoms with E-state index in [1.54, 1.807) is 6.26 Å². The van der Waals surface area contributed by atoms with Gasteiger partial charge in [-0.2, -0.15) is 0 Å². The molecule has 0 aromatic rings. The molecule has 4 N–H and O–H groups in total. The number of phosphoric ester groups is 1. The van der Waals surface area contributed by atoms with E-state index < -0.39 is 45.1 Å². The Hall–Kier alpha value is -2.49. The molecule has 0 aliphatic rings. The van der Waals surface area contributed by atoms with Crippen molar-refractivity contribution in [3.05, 3.63) is 60.9 Å². The zero-order chi connectivity index (χ0) is 41.9. The van der Waals surface area contributed by atoms with Crippen molar-refractivity contribution in [1.82, 2.24) is 0 Å². The van der Waals surface area contributed by atoms with E-state index in [4.69, 9.17) is 29.4 Å². The fraction of sp³-hybridized carbons (Fsp3) is 0.739. The van der Waals surface area contributed by atoms with Gasteiger partial charge in [0.25, 0.3) is 0 Å². The van der Waals surface area contributed by atoms with Crippen molar-refractivity contribution >= 4 is 19.8 Å². The average Bonchev–Trinajstić information content (AvgIpc) is 3.19. The van der Waals surface area contributed by atoms with Crippen LogP contribution in [-0.2, 0) is 32.7 Å². The van der Waals surface area contributed by atoms with E-state index in [1.807, 2.05) is 6.08 Å². The van der Waals surface area contributed by atoms with Crippen LogP contribution in [0.3, 0.4) is 0 Å². The molecule has 0 fully saturated rings. The van der Waals surface area contributed by atoms with E-state index in [0.717, 1.165) is 57.8 Å². The van der Waals surface area contributed by atoms with Gasteiger partial charge in [0.1, 0.15) is 12.6 Å². The molecule has 57 heavy (non-hydrogen) atoms. The number of aliphatic carboxylic acids is 1. The number of esters is 1. The summed E-state index contributed by atoms with van der Waals surface area (Å²) in [7, 11) is -4.64. The van der Waals surface area contributed by atoms with Crippen molar-refractivity contribution < 1.29 is 42.7 Å². The lowest BCUT2D eigenvalue weighted by Crippen LogP contribution is -2.34. The van der Waals surface area contributed by atoms with Gasteiger partial charge in [0.05, 0.1) is 19.5 Å². The van der Waals surface area contributed by atoms with E-state index in [0.29, 0.717) is 6.42 Å². The number of rotatable bonds is 42. The van der Waals surface area contributed by atoms with Crippen molar-refractivity contribution in [3.8, 4) is 0 Å². The molecule has 3 atom stereocenters. The molecule has 330 valence electrons. The van der Waals surface area contributed by atoms with Gasteiger partial charge in [0.15, 0.2) is 6.10 Å². The molecular formula is C46H82NO9P. The maximum Gasteiger partial charge on any atom is 0.472 e. The van der Waals surface area contributed by atoms with Crippen LogP contribution >= 0.6 is 7.82 Å². The van der Waals surface area contributed by atoms with E-state index in [-0.39, 0.29) is 13.0 Å². The Labute approximate surface area is 347 Å². The molecule has 0 saturated carbocycles. The number of allylic oxidation sites excluding steroid dienone is 9. The molecule has 0 bridgehead atoms. The van der Waals surface area contributed by atoms with Gasteiger partial charge in [0.2, 0.25) is 0 Å². The highest BCUT2D eigenvalue weighted by atomic mass is 31.2. The van der Waals surface area contributed by atoms with E-state index in [1.165, 1.54) is 103 Å². The third kappa shape index (κ3) is 41.5. The van der Waals surface area contributed by atoms with Crippen LogP contribution in [0.25, 0.3) is 0 Å². The molecule has 0 amide bonds. The highest BCUT2D eigenvalue weighted by molar-refractivity contribution is 7.47. The molecule has 0 aliphatic carbocycles. The minimum absolute atomic E-state index is 0.0817. The molecule has 1 unspecified atom stereocenters. The predicted molar refractivity (Wildman–Crippen MR) is 235 cm³/mol. The van der Waals surface area contributed by atoms with Crippen molar-refractivity contribution in [2.75, 3.05) is 19.8 Å². The third-order valence-corrected chi connectivity index (χ3v) is 10.3. The SMILES string of the molecule is CCCCC/C=C\C/C=C\C/C=C\C/C=C\CCCCCC(=O)O[C@H](CO/C=C\CCCCCCCCCCCCCCCC)COP(=O)(O)OC[C@H](N)C(=O)O. The summed E-state index contributed by atoms with van der Waals surface area (Å²) in [5.41, 5.74) is 5.35. The van der Waals surface area contributed by atoms with Crippen LogP contribution in [-0.4, -0.2) is 53.9 Å². The fourth-order valence-electron chi connectivity index (χ4n) is 5.85. The maximum absolute atomic E-state index is 12.6. The Morgan fingerprint density at radius 2 is 0.965 bits per heavy atom. The number of ether oxygens (including phenoxy) is 2. The van der Waals surface area contributed by atoms with Crippen molar-refractivity contribution in [3.63, 3.8) is 0 Å². The minimum atomic E-state index is -4.64. The van der Waals surface area contributed by atoms with Crippen LogP contribution in [0.15, 0.2) is 60.9 Å². The lowest BCUT2D eigenvalue weighted by atomic mass is 10.0. The van der Waals surface area contributed by atoms with Crippen LogP contribution in [0, 0.1) is 0 Å². The van der Waals surface area contributed by atoms with E-state index >= 15 is 0 Å². The first-order chi connectivity index (χ1) is 27.7. The number of hydrogen-bond acceptors (Lipinski definition) is 8. The molecule has 11 heteroatoms. The van der Waals surface area contributed by atoms with E-state index in [9.17, 15) is 19.0 Å². The summed E-state index contributed by atoms with van der Waals surface area (Å²) in [6.07, 6.45) is 50.7. The summed E-state index contributed by atoms with van der Waals surface area (Å²) in [5.74, 6) is -1.84. The highest BCUT2D eigenvalue weighted by Gasteiger charge is 2.27. The lowest BCUT2D eigenvalue weighted by molar-refractivity contribution is -0.153. The highest BCUT2D eigenvalue weighted by Crippen LogP contribution is 2.43. The number of phosphoric acid groups is 1. The smallest absolute Gasteiger partial charge is 0.472 e. The first-order valence-electron chi connectivity index (χ1n) is 22.4. The summed E-state index contributed by atoms with van der Waals surface area (Å²) in [6, 6.07) is -1.49. The van der Waals surface area contributed by atoms with Crippen LogP contribution in [0.1, 0.15) is 187 Å². The zero-order valence-corrected chi connectivity index (χ0v) is 36.8. The number of carboxylic acid groups (broad SMARTS) is 1. The lowest BCUT2D eigenvalue weighted by Gasteiger charge is -2.20. The van der Waals surface area contributed by atoms with Gasteiger partial charge in [-0.3, -0.25) is 18.6 Å². The normalized spacial score (nSPS) is 14.4. The summed E-state index contributed by atoms with van der Waals surface area (Å²) in [5, 5.41) is 8.89. The van der Waals surface area contributed by atoms with Crippen LogP contribution in [0.5, 0.6) is 0 Å². The number of nitrogens with two attached hydrogens (primary N) is 1. The minimum Gasteiger partial charge on any atom is -0.498 e. The molecule has 0 aromatic carbocycles. The van der Waals surface area contributed by atoms with Gasteiger partial charge in [-0.15, -0.1) is 0 Å². The van der Waals surface area contributed by atoms with E-state index in [2.05, 4.69) is 62.5 Å². The van der Waals surface area contributed by atoms with Gasteiger partial charge in [-0.25, -0.2) is 4.57 Å². The maximum atomic E-state index is 12.6. The van der Waals surface area contributed by atoms with Crippen LogP contribution in [0.4, 0.5) is 0 Å². The topological polar surface area (TPSA) is 155 Å². The Balaban J connectivity index is 4.35. The van der Waals surface area contributed by atoms with Gasteiger partial charge in [0, 0.05) is 6.42 Å². The largest absolute Gasteiger partial charge is 0.498 e. The van der Waals surface area contributed by atoms with Crippen molar-refractivity contribution in [2.45, 2.75) is 199 Å². The Morgan fingerprint density at radius 1 is 0.561 bits per heavy atom. The predicted octanol–water partition coefficient (Wildman–Crippen LogP) is 12.8. The number of carboxylic acids is 1. The second-order valence-electron chi connectivity index (χ2n) is 14.9. The number of carbonyl (C=O) groups is 2. The monoisotopic (exact) mass is 824 g/mol. The van der Waals surface area contributed by atoms with Crippen molar-refractivity contribution in [1.29, 1.82) is 0 Å². The molecule has 0 aromatic heterocycles. The summed E-state index contributed by atoms with van der Waals surface area (Å²) in [4.78, 5) is 33.5. The molecule has 0 radical (unpaired) electrons. The van der Waals surface area contributed by atoms with Crippen LogP contribution in [0.2, 0.25) is 0 Å². The average molecular weight is 824 g/mol. The first-order valence-corrected chi connectivity index (χ1v) is 23.9. The molecule has 0 spiro atoms. The van der Waals surface area contributed by atoms with Gasteiger partial charge >= 0.3 is 19.8 Å². The number of carbonyl (C=O) groups excluding carboxylic acids is 1. The molecular weight excluding hydrogens is 741 g/mol. The standard InChI is InChI=1S/C46H82NO9P/c1-3-5-7-9-11-13-15-17-19-21-22-23-24-26-28-30-32-34-36-38-45(48)56-43(41-54-57(51,52)55-42-44(47)46(49)50)40-53-39-37-35-33-31-29-27-25-20-18-16-14-12-10-8-6-4-2/h11,13,17,19,22-23,26,28,37,39,43-44H,3-10,12,14-16,18,20-21,24-25,27,29-36,38,40-42,47H2,1-2H3,(H,49,50)(H,51,52)/b13-11-,19-17-,23-22-,28-26-,39-37-/t43-,44+/m1/s1. The van der Waals surface area contributed by atoms with Gasteiger partial charge < -0.3 is 25.2 Å². The number of hydrogen-bond donors (Lipinski definition) is 3. The third-order valence-electron chi connectivity index (χ3n) is 9.36. The van der Waals surface area contributed by atoms with Gasteiger partial charge in [-0.05, 0) is 70.3 Å². The van der Waals surface area contributed by atoms with Crippen molar-refractivity contribution in [2.24, 2.45) is 5.73 Å². The quantitative estimate of drug-likeness (QED) is 0.0178. The zero-order valence-electron chi connectivity index (χ0n) is 35.9. The second kappa shape index (κ2) is 41.7. The fourth-order valence-corrected chi connectivity index (χ4v) is 6.62. The summed E-state index contributed by atoms with van der Waals surface area (Å²) < 4.78 is 33.1.